The number of carbonyl (C=O) groups excluding carboxylic acids is 1. The lowest BCUT2D eigenvalue weighted by Gasteiger charge is -2.10. The van der Waals surface area contributed by atoms with Gasteiger partial charge in [0.2, 0.25) is 5.91 Å². The average Bonchev–Trinajstić information content (AvgIpc) is 2.60. The van der Waals surface area contributed by atoms with Crippen LogP contribution in [0.25, 0.3) is 0 Å². The first-order valence-electron chi connectivity index (χ1n) is 8.62. The normalized spacial score (nSPS) is 10.7. The van der Waals surface area contributed by atoms with Crippen LogP contribution in [0.15, 0.2) is 54.6 Å². The van der Waals surface area contributed by atoms with E-state index in [-0.39, 0.29) is 5.91 Å². The number of anilines is 1. The van der Waals surface area contributed by atoms with E-state index in [0.29, 0.717) is 13.0 Å². The molecule has 0 aliphatic carbocycles. The van der Waals surface area contributed by atoms with E-state index < -0.39 is 0 Å². The van der Waals surface area contributed by atoms with Gasteiger partial charge in [-0.05, 0) is 70.0 Å². The van der Waals surface area contributed by atoms with Gasteiger partial charge >= 0.3 is 0 Å². The number of hydrogen-bond donors (Lipinski definition) is 2. The zero-order chi connectivity index (χ0) is 17.9. The fraction of sp³-hybridized carbons (Fsp3) is 0.350. The molecule has 0 spiro atoms. The monoisotopic (exact) mass is 341 g/mol. The molecule has 2 aromatic rings. The first-order chi connectivity index (χ1) is 12.1. The van der Waals surface area contributed by atoms with Crippen LogP contribution in [0.4, 0.5) is 5.69 Å². The van der Waals surface area contributed by atoms with Crippen LogP contribution in [-0.2, 0) is 4.79 Å². The maximum atomic E-state index is 11.9. The molecule has 0 aromatic heterocycles. The smallest absolute Gasteiger partial charge is 0.225 e. The van der Waals surface area contributed by atoms with Gasteiger partial charge in [-0.3, -0.25) is 4.79 Å². The van der Waals surface area contributed by atoms with E-state index in [1.165, 1.54) is 0 Å². The second-order valence-corrected chi connectivity index (χ2v) is 6.14. The lowest BCUT2D eigenvalue weighted by Crippen LogP contribution is -2.25. The Morgan fingerprint density at radius 3 is 2.32 bits per heavy atom. The van der Waals surface area contributed by atoms with Crippen LogP contribution in [0, 0.1) is 0 Å². The topological polar surface area (TPSA) is 53.6 Å². The van der Waals surface area contributed by atoms with Crippen LogP contribution in [0.3, 0.4) is 0 Å². The van der Waals surface area contributed by atoms with Crippen molar-refractivity contribution in [3.8, 4) is 11.5 Å². The quantitative estimate of drug-likeness (QED) is 0.651. The van der Waals surface area contributed by atoms with Crippen molar-refractivity contribution in [3.63, 3.8) is 0 Å². The number of rotatable bonds is 10. The molecule has 0 fully saturated rings. The Bertz CT molecular complexity index is 627. The molecule has 0 atom stereocenters. The molecular weight excluding hydrogens is 314 g/mol. The van der Waals surface area contributed by atoms with Crippen molar-refractivity contribution < 1.29 is 9.53 Å². The molecule has 0 unspecified atom stereocenters. The van der Waals surface area contributed by atoms with Crippen LogP contribution >= 0.6 is 0 Å². The summed E-state index contributed by atoms with van der Waals surface area (Å²) in [4.78, 5) is 14.1. The van der Waals surface area contributed by atoms with Gasteiger partial charge in [0.05, 0.1) is 0 Å². The fourth-order valence-corrected chi connectivity index (χ4v) is 2.30. The Morgan fingerprint density at radius 2 is 1.64 bits per heavy atom. The molecule has 2 rings (SSSR count). The van der Waals surface area contributed by atoms with Crippen molar-refractivity contribution in [2.75, 3.05) is 39.0 Å². The number of amides is 1. The zero-order valence-electron chi connectivity index (χ0n) is 15.0. The molecule has 1 amide bonds. The summed E-state index contributed by atoms with van der Waals surface area (Å²) in [6, 6.07) is 17.0. The Kier molecular flexibility index (Phi) is 7.95. The molecule has 0 aliphatic heterocycles. The maximum Gasteiger partial charge on any atom is 0.225 e. The molecule has 0 saturated carbocycles. The van der Waals surface area contributed by atoms with E-state index >= 15 is 0 Å². The van der Waals surface area contributed by atoms with E-state index in [1.807, 2.05) is 54.6 Å². The maximum absolute atomic E-state index is 11.9. The Morgan fingerprint density at radius 1 is 0.960 bits per heavy atom. The minimum Gasteiger partial charge on any atom is -0.457 e. The van der Waals surface area contributed by atoms with Gasteiger partial charge in [-0.25, -0.2) is 0 Å². The summed E-state index contributed by atoms with van der Waals surface area (Å²) in [5.74, 6) is 1.54. The second kappa shape index (κ2) is 10.5. The molecule has 134 valence electrons. The van der Waals surface area contributed by atoms with Gasteiger partial charge in [-0.15, -0.1) is 0 Å². The average molecular weight is 341 g/mol. The summed E-state index contributed by atoms with van der Waals surface area (Å²) in [6.07, 6.45) is 1.54. The molecule has 0 bridgehead atoms. The van der Waals surface area contributed by atoms with E-state index in [0.717, 1.165) is 36.7 Å². The van der Waals surface area contributed by atoms with Crippen LogP contribution < -0.4 is 15.4 Å². The third-order valence-electron chi connectivity index (χ3n) is 3.60. The minimum atomic E-state index is 0.0110. The Labute approximate surface area is 150 Å². The van der Waals surface area contributed by atoms with Crippen LogP contribution in [0.2, 0.25) is 0 Å². The number of carbonyl (C=O) groups is 1. The molecule has 0 aliphatic rings. The number of ether oxygens (including phenoxy) is 1. The van der Waals surface area contributed by atoms with Gasteiger partial charge < -0.3 is 20.3 Å². The van der Waals surface area contributed by atoms with Gasteiger partial charge in [0.15, 0.2) is 0 Å². The van der Waals surface area contributed by atoms with Crippen LogP contribution in [-0.4, -0.2) is 44.5 Å². The molecule has 2 aromatic carbocycles. The summed E-state index contributed by atoms with van der Waals surface area (Å²) in [5.41, 5.74) is 0.776. The highest BCUT2D eigenvalue weighted by Crippen LogP contribution is 2.22. The van der Waals surface area contributed by atoms with Gasteiger partial charge in [0.25, 0.3) is 0 Å². The van der Waals surface area contributed by atoms with E-state index in [4.69, 9.17) is 4.74 Å². The molecule has 0 radical (unpaired) electrons. The molecule has 5 nitrogen and oxygen atoms in total. The highest BCUT2D eigenvalue weighted by atomic mass is 16.5. The summed E-state index contributed by atoms with van der Waals surface area (Å²) in [5, 5.41) is 6.19. The fourth-order valence-electron chi connectivity index (χ4n) is 2.30. The molecule has 5 heteroatoms. The highest BCUT2D eigenvalue weighted by molar-refractivity contribution is 5.90. The standard InChI is InChI=1S/C20H27N3O2/c1-23(2)16-6-14-21-15-13-20(24)22-17-9-11-19(12-10-17)25-18-7-4-3-5-8-18/h3-5,7-12,21H,6,13-16H2,1-2H3,(H,22,24). The lowest BCUT2D eigenvalue weighted by atomic mass is 10.3. The van der Waals surface area contributed by atoms with Gasteiger partial charge in [0, 0.05) is 18.7 Å². The van der Waals surface area contributed by atoms with E-state index in [9.17, 15) is 4.79 Å². The molecule has 0 heterocycles. The van der Waals surface area contributed by atoms with Crippen molar-refractivity contribution in [1.29, 1.82) is 0 Å². The van der Waals surface area contributed by atoms with Crippen molar-refractivity contribution in [1.82, 2.24) is 10.2 Å². The lowest BCUT2D eigenvalue weighted by molar-refractivity contribution is -0.116. The summed E-state index contributed by atoms with van der Waals surface area (Å²) < 4.78 is 5.73. The SMILES string of the molecule is CN(C)CCCNCCC(=O)Nc1ccc(Oc2ccccc2)cc1. The van der Waals surface area contributed by atoms with Crippen molar-refractivity contribution in [2.45, 2.75) is 12.8 Å². The predicted octanol–water partition coefficient (Wildman–Crippen LogP) is 3.35. The Hall–Kier alpha value is -2.37. The van der Waals surface area contributed by atoms with Crippen molar-refractivity contribution in [3.05, 3.63) is 54.6 Å². The highest BCUT2D eigenvalue weighted by Gasteiger charge is 2.03. The van der Waals surface area contributed by atoms with Gasteiger partial charge in [0.1, 0.15) is 11.5 Å². The largest absolute Gasteiger partial charge is 0.457 e. The molecule has 0 saturated heterocycles. The van der Waals surface area contributed by atoms with E-state index in [2.05, 4.69) is 29.6 Å². The summed E-state index contributed by atoms with van der Waals surface area (Å²) >= 11 is 0. The second-order valence-electron chi connectivity index (χ2n) is 6.14. The van der Waals surface area contributed by atoms with E-state index in [1.54, 1.807) is 0 Å². The molecule has 25 heavy (non-hydrogen) atoms. The number of benzene rings is 2. The number of nitrogens with one attached hydrogen (secondary N) is 2. The predicted molar refractivity (Wildman–Crippen MR) is 102 cm³/mol. The summed E-state index contributed by atoms with van der Waals surface area (Å²) in [6.45, 7) is 2.67. The third kappa shape index (κ3) is 7.83. The number of para-hydroxylation sites is 1. The van der Waals surface area contributed by atoms with Crippen molar-refractivity contribution in [2.24, 2.45) is 0 Å². The number of nitrogens with zero attached hydrogens (tertiary/aromatic N) is 1. The number of hydrogen-bond acceptors (Lipinski definition) is 4. The van der Waals surface area contributed by atoms with Crippen molar-refractivity contribution >= 4 is 11.6 Å². The first-order valence-corrected chi connectivity index (χ1v) is 8.62. The summed E-state index contributed by atoms with van der Waals surface area (Å²) in [7, 11) is 4.12. The third-order valence-corrected chi connectivity index (χ3v) is 3.60. The minimum absolute atomic E-state index is 0.0110. The Balaban J connectivity index is 1.67. The first kappa shape index (κ1) is 19.0. The molecule has 2 N–H and O–H groups in total. The zero-order valence-corrected chi connectivity index (χ0v) is 15.0. The van der Waals surface area contributed by atoms with Gasteiger partial charge in [-0.2, -0.15) is 0 Å². The molecular formula is C20H27N3O2. The van der Waals surface area contributed by atoms with Crippen LogP contribution in [0.5, 0.6) is 11.5 Å². The van der Waals surface area contributed by atoms with Gasteiger partial charge in [-0.1, -0.05) is 18.2 Å². The van der Waals surface area contributed by atoms with Crippen LogP contribution in [0.1, 0.15) is 12.8 Å².